The lowest BCUT2D eigenvalue weighted by atomic mass is 10.1. The molecule has 22 heavy (non-hydrogen) atoms. The Bertz CT molecular complexity index is 499. The van der Waals surface area contributed by atoms with E-state index in [-0.39, 0.29) is 6.61 Å². The first-order valence-electron chi connectivity index (χ1n) is 8.08. The minimum Gasteiger partial charge on any atom is -0.493 e. The number of benzene rings is 1. The average Bonchev–Trinajstić information content (AvgIpc) is 3.33. The van der Waals surface area contributed by atoms with E-state index in [1.54, 1.807) is 0 Å². The van der Waals surface area contributed by atoms with Crippen LogP contribution in [0.1, 0.15) is 30.9 Å². The molecule has 2 rings (SSSR count). The molecule has 0 aromatic heterocycles. The van der Waals surface area contributed by atoms with Gasteiger partial charge in [0.2, 0.25) is 0 Å². The SMILES string of the molecule is CCNC(=NCc1ccc(C)cc1OCC1CC1)NCCO. The van der Waals surface area contributed by atoms with Gasteiger partial charge in [-0.3, -0.25) is 0 Å². The molecule has 1 aliphatic carbocycles. The van der Waals surface area contributed by atoms with Gasteiger partial charge in [0.05, 0.1) is 19.8 Å². The molecule has 0 bridgehead atoms. The zero-order valence-corrected chi connectivity index (χ0v) is 13.6. The number of aryl methyl sites for hydroxylation is 1. The van der Waals surface area contributed by atoms with E-state index in [1.165, 1.54) is 18.4 Å². The molecule has 5 heteroatoms. The van der Waals surface area contributed by atoms with E-state index in [0.29, 0.717) is 19.0 Å². The van der Waals surface area contributed by atoms with Crippen LogP contribution >= 0.6 is 0 Å². The molecule has 3 N–H and O–H groups in total. The van der Waals surface area contributed by atoms with Crippen molar-refractivity contribution in [3.8, 4) is 5.75 Å². The van der Waals surface area contributed by atoms with Crippen molar-refractivity contribution >= 4 is 5.96 Å². The summed E-state index contributed by atoms with van der Waals surface area (Å²) in [6.07, 6.45) is 2.57. The van der Waals surface area contributed by atoms with Gasteiger partial charge >= 0.3 is 0 Å². The van der Waals surface area contributed by atoms with Crippen LogP contribution < -0.4 is 15.4 Å². The number of aliphatic hydroxyl groups is 1. The third-order valence-corrected chi connectivity index (χ3v) is 3.55. The third kappa shape index (κ3) is 5.56. The maximum atomic E-state index is 8.91. The summed E-state index contributed by atoms with van der Waals surface area (Å²) >= 11 is 0. The van der Waals surface area contributed by atoms with Crippen LogP contribution in [-0.2, 0) is 6.54 Å². The molecule has 0 radical (unpaired) electrons. The fourth-order valence-corrected chi connectivity index (χ4v) is 2.10. The molecular formula is C17H27N3O2. The zero-order chi connectivity index (χ0) is 15.8. The Morgan fingerprint density at radius 2 is 2.18 bits per heavy atom. The van der Waals surface area contributed by atoms with Crippen molar-refractivity contribution in [1.82, 2.24) is 10.6 Å². The topological polar surface area (TPSA) is 65.9 Å². The van der Waals surface area contributed by atoms with Crippen molar-refractivity contribution in [3.05, 3.63) is 29.3 Å². The van der Waals surface area contributed by atoms with Crippen LogP contribution in [-0.4, -0.2) is 37.4 Å². The summed E-state index contributed by atoms with van der Waals surface area (Å²) in [7, 11) is 0. The molecule has 5 nitrogen and oxygen atoms in total. The zero-order valence-electron chi connectivity index (χ0n) is 13.6. The lowest BCUT2D eigenvalue weighted by Gasteiger charge is -2.13. The molecule has 1 aromatic carbocycles. The van der Waals surface area contributed by atoms with Gasteiger partial charge in [-0.05, 0) is 44.2 Å². The molecule has 1 fully saturated rings. The number of nitrogens with zero attached hydrogens (tertiary/aromatic N) is 1. The van der Waals surface area contributed by atoms with Gasteiger partial charge in [-0.1, -0.05) is 12.1 Å². The highest BCUT2D eigenvalue weighted by molar-refractivity contribution is 5.79. The van der Waals surface area contributed by atoms with Crippen molar-refractivity contribution in [3.63, 3.8) is 0 Å². The minimum absolute atomic E-state index is 0.0880. The third-order valence-electron chi connectivity index (χ3n) is 3.55. The predicted molar refractivity (Wildman–Crippen MR) is 89.3 cm³/mol. The summed E-state index contributed by atoms with van der Waals surface area (Å²) in [5.74, 6) is 2.39. The van der Waals surface area contributed by atoms with Crippen molar-refractivity contribution in [2.45, 2.75) is 33.2 Å². The largest absolute Gasteiger partial charge is 0.493 e. The van der Waals surface area contributed by atoms with Crippen LogP contribution in [0.3, 0.4) is 0 Å². The highest BCUT2D eigenvalue weighted by Crippen LogP contribution is 2.30. The van der Waals surface area contributed by atoms with Crippen LogP contribution in [0.25, 0.3) is 0 Å². The predicted octanol–water partition coefficient (Wildman–Crippen LogP) is 1.83. The van der Waals surface area contributed by atoms with Crippen molar-refractivity contribution < 1.29 is 9.84 Å². The molecule has 0 spiro atoms. The molecule has 1 aromatic rings. The fraction of sp³-hybridized carbons (Fsp3) is 0.588. The molecule has 1 saturated carbocycles. The van der Waals surface area contributed by atoms with Crippen LogP contribution in [0, 0.1) is 12.8 Å². The van der Waals surface area contributed by atoms with Crippen molar-refractivity contribution in [2.24, 2.45) is 10.9 Å². The Balaban J connectivity index is 2.01. The Morgan fingerprint density at radius 1 is 1.36 bits per heavy atom. The molecule has 0 amide bonds. The lowest BCUT2D eigenvalue weighted by Crippen LogP contribution is -2.38. The monoisotopic (exact) mass is 305 g/mol. The quantitative estimate of drug-likeness (QED) is 0.506. The van der Waals surface area contributed by atoms with E-state index in [9.17, 15) is 0 Å². The van der Waals surface area contributed by atoms with Gasteiger partial charge in [-0.15, -0.1) is 0 Å². The number of rotatable bonds is 8. The van der Waals surface area contributed by atoms with Gasteiger partial charge in [-0.25, -0.2) is 4.99 Å². The minimum atomic E-state index is 0.0880. The van der Waals surface area contributed by atoms with E-state index in [4.69, 9.17) is 9.84 Å². The summed E-state index contributed by atoms with van der Waals surface area (Å²) in [5, 5.41) is 15.2. The molecular weight excluding hydrogens is 278 g/mol. The molecule has 122 valence electrons. The molecule has 1 aliphatic rings. The Kier molecular flexibility index (Phi) is 6.52. The summed E-state index contributed by atoms with van der Waals surface area (Å²) in [5.41, 5.74) is 2.29. The summed E-state index contributed by atoms with van der Waals surface area (Å²) in [4.78, 5) is 4.56. The van der Waals surface area contributed by atoms with Gasteiger partial charge < -0.3 is 20.5 Å². The Labute approximate surface area is 132 Å². The number of aliphatic hydroxyl groups excluding tert-OH is 1. The van der Waals surface area contributed by atoms with E-state index >= 15 is 0 Å². The van der Waals surface area contributed by atoms with Crippen LogP contribution in [0.5, 0.6) is 5.75 Å². The number of nitrogens with one attached hydrogen (secondary N) is 2. The number of hydrogen-bond acceptors (Lipinski definition) is 3. The van der Waals surface area contributed by atoms with Crippen molar-refractivity contribution in [1.29, 1.82) is 0 Å². The first-order valence-corrected chi connectivity index (χ1v) is 8.08. The highest BCUT2D eigenvalue weighted by atomic mass is 16.5. The highest BCUT2D eigenvalue weighted by Gasteiger charge is 2.22. The maximum absolute atomic E-state index is 8.91. The number of hydrogen-bond donors (Lipinski definition) is 3. The number of aliphatic imine (C=N–C) groups is 1. The first-order chi connectivity index (χ1) is 10.7. The van der Waals surface area contributed by atoms with E-state index in [1.807, 2.05) is 6.92 Å². The smallest absolute Gasteiger partial charge is 0.191 e. The summed E-state index contributed by atoms with van der Waals surface area (Å²) in [6.45, 7) is 6.83. The van der Waals surface area contributed by atoms with E-state index in [2.05, 4.69) is 40.7 Å². The van der Waals surface area contributed by atoms with Crippen LogP contribution in [0.2, 0.25) is 0 Å². The van der Waals surface area contributed by atoms with Gasteiger partial charge in [0.15, 0.2) is 5.96 Å². The second kappa shape index (κ2) is 8.63. The number of ether oxygens (including phenoxy) is 1. The van der Waals surface area contributed by atoms with Gasteiger partial charge in [0, 0.05) is 18.7 Å². The van der Waals surface area contributed by atoms with Gasteiger partial charge in [0.25, 0.3) is 0 Å². The van der Waals surface area contributed by atoms with E-state index < -0.39 is 0 Å². The molecule has 0 saturated heterocycles. The maximum Gasteiger partial charge on any atom is 0.191 e. The number of guanidine groups is 1. The van der Waals surface area contributed by atoms with Gasteiger partial charge in [0.1, 0.15) is 5.75 Å². The standard InChI is InChI=1S/C17H27N3O2/c1-3-18-17(19-8-9-21)20-11-15-7-4-13(2)10-16(15)22-12-14-5-6-14/h4,7,10,14,21H,3,5-6,8-9,11-12H2,1-2H3,(H2,18,19,20). The second-order valence-corrected chi connectivity index (χ2v) is 5.71. The molecule has 0 heterocycles. The summed E-state index contributed by atoms with van der Waals surface area (Å²) < 4.78 is 5.97. The molecule has 0 aliphatic heterocycles. The van der Waals surface area contributed by atoms with Crippen molar-refractivity contribution in [2.75, 3.05) is 26.3 Å². The fourth-order valence-electron chi connectivity index (χ4n) is 2.10. The normalized spacial score (nSPS) is 14.8. The first kappa shape index (κ1) is 16.6. The Morgan fingerprint density at radius 3 is 2.86 bits per heavy atom. The Hall–Kier alpha value is -1.75. The average molecular weight is 305 g/mol. The van der Waals surface area contributed by atoms with Gasteiger partial charge in [-0.2, -0.15) is 0 Å². The molecule has 0 atom stereocenters. The van der Waals surface area contributed by atoms with E-state index in [0.717, 1.165) is 30.4 Å². The molecule has 0 unspecified atom stereocenters. The second-order valence-electron chi connectivity index (χ2n) is 5.71. The van der Waals surface area contributed by atoms with Crippen LogP contribution in [0.4, 0.5) is 0 Å². The lowest BCUT2D eigenvalue weighted by molar-refractivity contribution is 0.296. The summed E-state index contributed by atoms with van der Waals surface area (Å²) in [6, 6.07) is 6.25. The van der Waals surface area contributed by atoms with Crippen LogP contribution in [0.15, 0.2) is 23.2 Å².